The molecule has 1 aliphatic carbocycles. The number of aromatic amines is 1. The minimum Gasteiger partial charge on any atom is -0.373 e. The van der Waals surface area contributed by atoms with Crippen molar-refractivity contribution in [3.05, 3.63) is 85.8 Å². The van der Waals surface area contributed by atoms with Gasteiger partial charge in [-0.25, -0.2) is 9.37 Å². The normalized spacial score (nSPS) is 17.2. The van der Waals surface area contributed by atoms with Gasteiger partial charge < -0.3 is 15.0 Å². The third-order valence-electron chi connectivity index (χ3n) is 6.32. The van der Waals surface area contributed by atoms with E-state index in [1.807, 2.05) is 11.1 Å². The Labute approximate surface area is 219 Å². The highest BCUT2D eigenvalue weighted by Gasteiger charge is 2.38. The number of benzene rings is 2. The average molecular weight is 556 g/mol. The lowest BCUT2D eigenvalue weighted by atomic mass is 9.81. The third kappa shape index (κ3) is 6.05. The van der Waals surface area contributed by atoms with Crippen molar-refractivity contribution in [2.45, 2.75) is 51.6 Å². The van der Waals surface area contributed by atoms with E-state index < -0.39 is 64.4 Å². The van der Waals surface area contributed by atoms with Crippen LogP contribution in [-0.2, 0) is 35.3 Å². The Morgan fingerprint density at radius 1 is 1.18 bits per heavy atom. The molecule has 0 spiro atoms. The molecule has 1 aromatic heterocycles. The number of aryl methyl sites for hydroxylation is 1. The molecule has 1 heterocycles. The summed E-state index contributed by atoms with van der Waals surface area (Å²) in [7, 11) is 0. The van der Waals surface area contributed by atoms with Crippen LogP contribution in [-0.4, -0.2) is 22.0 Å². The van der Waals surface area contributed by atoms with E-state index in [9.17, 15) is 27.2 Å². The largest absolute Gasteiger partial charge is 0.417 e. The minimum atomic E-state index is -4.98. The monoisotopic (exact) mass is 555 g/mol. The topological polar surface area (TPSA) is 84.1 Å². The Bertz CT molecular complexity index is 1400. The predicted molar refractivity (Wildman–Crippen MR) is 129 cm³/mol. The Balaban J connectivity index is 1.45. The summed E-state index contributed by atoms with van der Waals surface area (Å²) < 4.78 is 76.1. The van der Waals surface area contributed by atoms with Gasteiger partial charge in [0.1, 0.15) is 11.6 Å². The fourth-order valence-corrected chi connectivity index (χ4v) is 4.38. The highest BCUT2D eigenvalue weighted by molar-refractivity contribution is 6.30. The van der Waals surface area contributed by atoms with E-state index in [1.54, 1.807) is 18.2 Å². The molecule has 1 aliphatic rings. The second-order valence-corrected chi connectivity index (χ2v) is 9.37. The molecule has 0 atom stereocenters. The van der Waals surface area contributed by atoms with Gasteiger partial charge in [0.05, 0.1) is 29.5 Å². The van der Waals surface area contributed by atoms with Crippen LogP contribution in [0.4, 0.5) is 22.0 Å². The van der Waals surface area contributed by atoms with Gasteiger partial charge in [-0.1, -0.05) is 36.7 Å². The van der Waals surface area contributed by atoms with Gasteiger partial charge in [0, 0.05) is 23.0 Å². The summed E-state index contributed by atoms with van der Waals surface area (Å²) in [6.07, 6.45) is -4.34. The molecule has 1 amide bonds. The van der Waals surface area contributed by atoms with Gasteiger partial charge >= 0.3 is 6.18 Å². The number of aromatic nitrogens is 2. The van der Waals surface area contributed by atoms with E-state index in [1.165, 1.54) is 6.92 Å². The van der Waals surface area contributed by atoms with E-state index in [0.717, 1.165) is 11.6 Å². The van der Waals surface area contributed by atoms with Crippen molar-refractivity contribution in [2.75, 3.05) is 0 Å². The molecule has 0 saturated heterocycles. The molecule has 6 nitrogen and oxygen atoms in total. The fraction of sp³-hybridized carbons (Fsp3) is 0.346. The molecular weight excluding hydrogens is 533 g/mol. The first-order valence-electron chi connectivity index (χ1n) is 11.8. The number of H-pyrrole nitrogens is 1. The van der Waals surface area contributed by atoms with Gasteiger partial charge in [0.2, 0.25) is 11.7 Å². The fourth-order valence-electron chi connectivity index (χ4n) is 4.16. The molecule has 1 fully saturated rings. The number of nitrogens with zero attached hydrogens (tertiary/aromatic N) is 1. The zero-order valence-corrected chi connectivity index (χ0v) is 20.9. The number of nitrogens with one attached hydrogen (secondary N) is 2. The molecular formula is C26H23ClF5N3O3. The molecule has 0 radical (unpaired) electrons. The second kappa shape index (κ2) is 11.2. The summed E-state index contributed by atoms with van der Waals surface area (Å²) >= 11 is 5.95. The Morgan fingerprint density at radius 2 is 1.92 bits per heavy atom. The smallest absolute Gasteiger partial charge is 0.373 e. The van der Waals surface area contributed by atoms with Crippen molar-refractivity contribution < 1.29 is 31.5 Å². The summed E-state index contributed by atoms with van der Waals surface area (Å²) in [5, 5.41) is 3.12. The van der Waals surface area contributed by atoms with Crippen LogP contribution in [0.2, 0.25) is 5.02 Å². The van der Waals surface area contributed by atoms with E-state index in [4.69, 9.17) is 16.3 Å². The molecule has 4 rings (SSSR count). The predicted octanol–water partition coefficient (Wildman–Crippen LogP) is 5.56. The van der Waals surface area contributed by atoms with Crippen LogP contribution in [0.1, 0.15) is 42.1 Å². The van der Waals surface area contributed by atoms with Gasteiger partial charge in [-0.15, -0.1) is 0 Å². The summed E-state index contributed by atoms with van der Waals surface area (Å²) in [5.74, 6) is -4.10. The molecule has 0 unspecified atom stereocenters. The maximum absolute atomic E-state index is 15.4. The molecule has 202 valence electrons. The van der Waals surface area contributed by atoms with Crippen molar-refractivity contribution in [3.63, 3.8) is 0 Å². The number of carbonyl (C=O) groups is 1. The summed E-state index contributed by atoms with van der Waals surface area (Å²) in [5.41, 5.74) is -3.47. The van der Waals surface area contributed by atoms with Crippen molar-refractivity contribution in [3.8, 4) is 11.4 Å². The number of carbonyl (C=O) groups excluding carboxylic acids is 1. The highest BCUT2D eigenvalue weighted by atomic mass is 35.5. The number of halogens is 6. The van der Waals surface area contributed by atoms with Crippen molar-refractivity contribution in [2.24, 2.45) is 5.92 Å². The van der Waals surface area contributed by atoms with Crippen LogP contribution in [0.25, 0.3) is 11.4 Å². The van der Waals surface area contributed by atoms with Crippen LogP contribution >= 0.6 is 11.6 Å². The third-order valence-corrected chi connectivity index (χ3v) is 6.56. The second-order valence-electron chi connectivity index (χ2n) is 8.94. The van der Waals surface area contributed by atoms with E-state index >= 15 is 4.39 Å². The maximum Gasteiger partial charge on any atom is 0.417 e. The van der Waals surface area contributed by atoms with E-state index in [2.05, 4.69) is 10.3 Å². The lowest BCUT2D eigenvalue weighted by molar-refractivity contribution is -0.137. The lowest BCUT2D eigenvalue weighted by Crippen LogP contribution is -2.42. The van der Waals surface area contributed by atoms with Crippen LogP contribution in [0.5, 0.6) is 0 Å². The number of amides is 1. The van der Waals surface area contributed by atoms with Crippen LogP contribution in [0.15, 0.2) is 41.2 Å². The van der Waals surface area contributed by atoms with E-state index in [-0.39, 0.29) is 18.1 Å². The van der Waals surface area contributed by atoms with Gasteiger partial charge in [-0.05, 0) is 43.0 Å². The van der Waals surface area contributed by atoms with Crippen LogP contribution in [0.3, 0.4) is 0 Å². The molecule has 38 heavy (non-hydrogen) atoms. The van der Waals surface area contributed by atoms with Gasteiger partial charge in [0.15, 0.2) is 0 Å². The summed E-state index contributed by atoms with van der Waals surface area (Å²) in [6, 6.07) is 8.73. The molecule has 0 aliphatic heterocycles. The first-order valence-corrected chi connectivity index (χ1v) is 12.2. The van der Waals surface area contributed by atoms with E-state index in [0.29, 0.717) is 30.5 Å². The molecule has 0 bridgehead atoms. The SMILES string of the molecule is CCc1nc(-c2c(C(F)(F)F)ccc(CNC(=O)[C@H]3C[C@H](OCc4cccc(Cl)c4)C3)c2F)[nH]c(=O)c1F. The van der Waals surface area contributed by atoms with Crippen LogP contribution in [0, 0.1) is 17.6 Å². The molecule has 2 N–H and O–H groups in total. The summed E-state index contributed by atoms with van der Waals surface area (Å²) in [6.45, 7) is 1.39. The standard InChI is InChI=1S/C26H23ClF5N3O3/c1-2-19-22(29)25(37)35-23(34-19)20-18(26(30,31)32)7-6-14(21(20)28)11-33-24(36)15-9-17(10-15)38-12-13-4-3-5-16(27)8-13/h3-8,15,17H,2,9-12H2,1H3,(H,33,36)(H,34,35,37)/t15-,17-. The molecule has 1 saturated carbocycles. The summed E-state index contributed by atoms with van der Waals surface area (Å²) in [4.78, 5) is 30.0. The Kier molecular flexibility index (Phi) is 8.17. The zero-order chi connectivity index (χ0) is 27.6. The van der Waals surface area contributed by atoms with Gasteiger partial charge in [-0.3, -0.25) is 9.59 Å². The van der Waals surface area contributed by atoms with Crippen molar-refractivity contribution >= 4 is 17.5 Å². The number of hydrogen-bond donors (Lipinski definition) is 2. The maximum atomic E-state index is 15.4. The number of alkyl halides is 3. The number of hydrogen-bond acceptors (Lipinski definition) is 4. The van der Waals surface area contributed by atoms with Crippen LogP contribution < -0.4 is 10.9 Å². The lowest BCUT2D eigenvalue weighted by Gasteiger charge is -2.34. The highest BCUT2D eigenvalue weighted by Crippen LogP contribution is 2.38. The van der Waals surface area contributed by atoms with Gasteiger partial charge in [0.25, 0.3) is 5.56 Å². The quantitative estimate of drug-likeness (QED) is 0.356. The van der Waals surface area contributed by atoms with Crippen molar-refractivity contribution in [1.82, 2.24) is 15.3 Å². The molecule has 2 aromatic carbocycles. The first kappa shape index (κ1) is 27.7. The Hall–Kier alpha value is -3.31. The van der Waals surface area contributed by atoms with Crippen molar-refractivity contribution in [1.29, 1.82) is 0 Å². The van der Waals surface area contributed by atoms with Gasteiger partial charge in [-0.2, -0.15) is 17.6 Å². The first-order chi connectivity index (χ1) is 18.0. The minimum absolute atomic E-state index is 0.0906. The Morgan fingerprint density at radius 3 is 2.58 bits per heavy atom. The molecule has 12 heteroatoms. The number of ether oxygens (including phenoxy) is 1. The average Bonchev–Trinajstić information content (AvgIpc) is 2.83. The number of rotatable bonds is 8. The molecule has 3 aromatic rings. The zero-order valence-electron chi connectivity index (χ0n) is 20.1.